The van der Waals surface area contributed by atoms with Gasteiger partial charge < -0.3 is 9.57 Å². The normalized spacial score (nSPS) is 10.9. The van der Waals surface area contributed by atoms with Crippen LogP contribution in [0.4, 0.5) is 0 Å². The summed E-state index contributed by atoms with van der Waals surface area (Å²) in [6.07, 6.45) is 3.05. The lowest BCUT2D eigenvalue weighted by molar-refractivity contribution is 0.334. The maximum Gasteiger partial charge on any atom is 0.259 e. The molecule has 0 fully saturated rings. The molecule has 0 amide bonds. The van der Waals surface area contributed by atoms with Crippen LogP contribution in [0.5, 0.6) is 11.6 Å². The number of oxime groups is 1. The molecule has 0 aliphatic heterocycles. The molecule has 0 radical (unpaired) electrons. The van der Waals surface area contributed by atoms with Gasteiger partial charge in [0, 0.05) is 5.56 Å². The van der Waals surface area contributed by atoms with Crippen LogP contribution in [0.2, 0.25) is 0 Å². The number of methoxy groups -OCH3 is 1. The number of hydrogen-bond donors (Lipinski definition) is 0. The van der Waals surface area contributed by atoms with Crippen molar-refractivity contribution in [1.82, 2.24) is 9.97 Å². The van der Waals surface area contributed by atoms with Crippen LogP contribution < -0.4 is 9.57 Å². The first-order valence-electron chi connectivity index (χ1n) is 6.41. The highest BCUT2D eigenvalue weighted by molar-refractivity contribution is 5.84. The van der Waals surface area contributed by atoms with E-state index in [0.29, 0.717) is 5.88 Å². The van der Waals surface area contributed by atoms with E-state index in [1.54, 1.807) is 13.3 Å². The summed E-state index contributed by atoms with van der Waals surface area (Å²) in [5.74, 6) is 1.16. The Morgan fingerprint density at radius 3 is 2.71 bits per heavy atom. The minimum absolute atomic E-state index is 0.423. The van der Waals surface area contributed by atoms with Crippen molar-refractivity contribution in [2.45, 2.75) is 0 Å². The Morgan fingerprint density at radius 2 is 1.81 bits per heavy atom. The monoisotopic (exact) mass is 279 g/mol. The molecule has 1 heterocycles. The van der Waals surface area contributed by atoms with Gasteiger partial charge in [0.2, 0.25) is 0 Å². The van der Waals surface area contributed by atoms with Gasteiger partial charge in [-0.3, -0.25) is 0 Å². The van der Waals surface area contributed by atoms with Gasteiger partial charge in [-0.25, -0.2) is 4.98 Å². The average Bonchev–Trinajstić information content (AvgIpc) is 2.55. The highest BCUT2D eigenvalue weighted by Gasteiger charge is 2.03. The van der Waals surface area contributed by atoms with Gasteiger partial charge in [-0.05, 0) is 24.3 Å². The molecule has 0 atom stereocenters. The van der Waals surface area contributed by atoms with E-state index < -0.39 is 0 Å². The highest BCUT2D eigenvalue weighted by Crippen LogP contribution is 2.21. The zero-order valence-electron chi connectivity index (χ0n) is 11.4. The lowest BCUT2D eigenvalue weighted by Crippen LogP contribution is -1.94. The smallest absolute Gasteiger partial charge is 0.259 e. The average molecular weight is 279 g/mol. The summed E-state index contributed by atoms with van der Waals surface area (Å²) in [4.78, 5) is 13.7. The molecule has 0 saturated heterocycles. The van der Waals surface area contributed by atoms with Crippen LogP contribution in [-0.2, 0) is 0 Å². The molecule has 0 spiro atoms. The minimum atomic E-state index is 0.423. The molecule has 1 aromatic heterocycles. The fraction of sp³-hybridized carbons (Fsp3) is 0.0625. The van der Waals surface area contributed by atoms with Crippen molar-refractivity contribution >= 4 is 17.1 Å². The molecule has 2 aromatic carbocycles. The molecule has 21 heavy (non-hydrogen) atoms. The zero-order valence-corrected chi connectivity index (χ0v) is 11.4. The third-order valence-electron chi connectivity index (χ3n) is 2.98. The first-order chi connectivity index (χ1) is 10.4. The number of ether oxygens (including phenoxy) is 1. The first kappa shape index (κ1) is 13.1. The molecule has 104 valence electrons. The predicted octanol–water partition coefficient (Wildman–Crippen LogP) is 3.05. The number of para-hydroxylation sites is 2. The van der Waals surface area contributed by atoms with Crippen LogP contribution in [0.1, 0.15) is 5.56 Å². The van der Waals surface area contributed by atoms with E-state index in [0.717, 1.165) is 22.2 Å². The molecule has 0 saturated carbocycles. The largest absolute Gasteiger partial charge is 0.496 e. The van der Waals surface area contributed by atoms with Gasteiger partial charge in [-0.15, -0.1) is 0 Å². The van der Waals surface area contributed by atoms with Crippen LogP contribution in [-0.4, -0.2) is 23.3 Å². The quantitative estimate of drug-likeness (QED) is 0.544. The maximum atomic E-state index is 5.39. The zero-order chi connectivity index (χ0) is 14.5. The second-order valence-electron chi connectivity index (χ2n) is 4.26. The van der Waals surface area contributed by atoms with Gasteiger partial charge in [0.1, 0.15) is 12.1 Å². The van der Waals surface area contributed by atoms with Gasteiger partial charge in [0.05, 0.1) is 24.2 Å². The molecule has 0 N–H and O–H groups in total. The summed E-state index contributed by atoms with van der Waals surface area (Å²) in [6.45, 7) is 0. The number of aromatic nitrogens is 2. The van der Waals surface area contributed by atoms with E-state index >= 15 is 0 Å². The second-order valence-corrected chi connectivity index (χ2v) is 4.26. The Kier molecular flexibility index (Phi) is 3.73. The standard InChI is InChI=1S/C16H13N3O2/c1-20-15-9-5-2-6-12(15)10-19-21-16-13-7-3-4-8-14(13)17-11-18-16/h2-11H,1H3/b19-10-. The van der Waals surface area contributed by atoms with Crippen LogP contribution in [0.15, 0.2) is 60.0 Å². The summed E-state index contributed by atoms with van der Waals surface area (Å²) in [5, 5.41) is 4.79. The third-order valence-corrected chi connectivity index (χ3v) is 2.98. The molecule has 0 bridgehead atoms. The number of hydrogen-bond acceptors (Lipinski definition) is 5. The van der Waals surface area contributed by atoms with Gasteiger partial charge in [-0.2, -0.15) is 4.98 Å². The predicted molar refractivity (Wildman–Crippen MR) is 80.8 cm³/mol. The summed E-state index contributed by atoms with van der Waals surface area (Å²) in [6, 6.07) is 15.2. The molecule has 0 unspecified atom stereocenters. The fourth-order valence-corrected chi connectivity index (χ4v) is 1.96. The summed E-state index contributed by atoms with van der Waals surface area (Å²) in [7, 11) is 1.62. The molecule has 3 aromatic rings. The molecule has 3 rings (SSSR count). The van der Waals surface area contributed by atoms with E-state index in [1.165, 1.54) is 6.33 Å². The van der Waals surface area contributed by atoms with Crippen LogP contribution in [0, 0.1) is 0 Å². The Balaban J connectivity index is 1.85. The van der Waals surface area contributed by atoms with Gasteiger partial charge in [0.25, 0.3) is 5.88 Å². The van der Waals surface area contributed by atoms with E-state index in [2.05, 4.69) is 15.1 Å². The van der Waals surface area contributed by atoms with Gasteiger partial charge in [-0.1, -0.05) is 29.4 Å². The summed E-state index contributed by atoms with van der Waals surface area (Å²) in [5.41, 5.74) is 1.65. The SMILES string of the molecule is COc1ccccc1/C=N\Oc1ncnc2ccccc12. The number of rotatable bonds is 4. The Hall–Kier alpha value is -2.95. The van der Waals surface area contributed by atoms with Crippen molar-refractivity contribution in [2.75, 3.05) is 7.11 Å². The number of nitrogens with zero attached hydrogens (tertiary/aromatic N) is 3. The topological polar surface area (TPSA) is 56.6 Å². The number of fused-ring (bicyclic) bond motifs is 1. The molecular formula is C16H13N3O2. The van der Waals surface area contributed by atoms with Crippen molar-refractivity contribution in [2.24, 2.45) is 5.16 Å². The lowest BCUT2D eigenvalue weighted by atomic mass is 10.2. The minimum Gasteiger partial charge on any atom is -0.496 e. The van der Waals surface area contributed by atoms with Crippen LogP contribution >= 0.6 is 0 Å². The molecule has 5 heteroatoms. The summed E-state index contributed by atoms with van der Waals surface area (Å²) < 4.78 is 5.25. The highest BCUT2D eigenvalue weighted by atomic mass is 16.6. The third kappa shape index (κ3) is 2.81. The van der Waals surface area contributed by atoms with Crippen molar-refractivity contribution in [1.29, 1.82) is 0 Å². The van der Waals surface area contributed by atoms with E-state index in [9.17, 15) is 0 Å². The Morgan fingerprint density at radius 1 is 1.00 bits per heavy atom. The van der Waals surface area contributed by atoms with Crippen molar-refractivity contribution in [3.63, 3.8) is 0 Å². The van der Waals surface area contributed by atoms with Crippen molar-refractivity contribution < 1.29 is 9.57 Å². The Labute approximate surface area is 121 Å². The van der Waals surface area contributed by atoms with Crippen LogP contribution in [0.25, 0.3) is 10.9 Å². The van der Waals surface area contributed by atoms with E-state index in [1.807, 2.05) is 48.5 Å². The molecule has 5 nitrogen and oxygen atoms in total. The van der Waals surface area contributed by atoms with Gasteiger partial charge in [0.15, 0.2) is 0 Å². The number of benzene rings is 2. The van der Waals surface area contributed by atoms with Gasteiger partial charge >= 0.3 is 0 Å². The lowest BCUT2D eigenvalue weighted by Gasteiger charge is -2.03. The second kappa shape index (κ2) is 6.00. The Bertz CT molecular complexity index is 782. The summed E-state index contributed by atoms with van der Waals surface area (Å²) >= 11 is 0. The van der Waals surface area contributed by atoms with Crippen LogP contribution in [0.3, 0.4) is 0 Å². The molecule has 0 aliphatic rings. The van der Waals surface area contributed by atoms with Crippen molar-refractivity contribution in [3.05, 3.63) is 60.4 Å². The molecule has 0 aliphatic carbocycles. The fourth-order valence-electron chi connectivity index (χ4n) is 1.96. The van der Waals surface area contributed by atoms with E-state index in [-0.39, 0.29) is 0 Å². The molecular weight excluding hydrogens is 266 g/mol. The van der Waals surface area contributed by atoms with E-state index in [4.69, 9.17) is 9.57 Å². The maximum absolute atomic E-state index is 5.39. The van der Waals surface area contributed by atoms with Crippen molar-refractivity contribution in [3.8, 4) is 11.6 Å². The first-order valence-corrected chi connectivity index (χ1v) is 6.41.